The molecule has 0 unspecified atom stereocenters. The van der Waals surface area contributed by atoms with Crippen molar-refractivity contribution in [3.63, 3.8) is 0 Å². The minimum atomic E-state index is 0.0700. The van der Waals surface area contributed by atoms with Gasteiger partial charge in [-0.2, -0.15) is 5.10 Å². The van der Waals surface area contributed by atoms with Gasteiger partial charge in [-0.1, -0.05) is 42.5 Å². The van der Waals surface area contributed by atoms with Gasteiger partial charge in [-0.15, -0.1) is 0 Å². The van der Waals surface area contributed by atoms with Crippen LogP contribution in [0.25, 0.3) is 22.5 Å². The molecular weight excluding hydrogens is 424 g/mol. The fourth-order valence-electron chi connectivity index (χ4n) is 4.26. The van der Waals surface area contributed by atoms with Crippen LogP contribution in [-0.4, -0.2) is 56.7 Å². The first-order valence-corrected chi connectivity index (χ1v) is 11.6. The Bertz CT molecular complexity index is 1280. The summed E-state index contributed by atoms with van der Waals surface area (Å²) in [7, 11) is 0. The largest absolute Gasteiger partial charge is 0.338 e. The van der Waals surface area contributed by atoms with Crippen LogP contribution in [0.1, 0.15) is 11.1 Å². The number of carbonyl (C=O) groups excluding carboxylic acids is 1. The van der Waals surface area contributed by atoms with Crippen LogP contribution in [0, 0.1) is 13.8 Å². The molecule has 0 N–H and O–H groups in total. The van der Waals surface area contributed by atoms with Crippen molar-refractivity contribution in [2.45, 2.75) is 20.4 Å². The van der Waals surface area contributed by atoms with E-state index in [4.69, 9.17) is 5.10 Å². The maximum absolute atomic E-state index is 13.3. The molecule has 0 spiro atoms. The Hall–Kier alpha value is -4.00. The van der Waals surface area contributed by atoms with Crippen LogP contribution in [0.4, 0.5) is 5.95 Å². The van der Waals surface area contributed by atoms with Crippen molar-refractivity contribution >= 4 is 11.9 Å². The predicted molar refractivity (Wildman–Crippen MR) is 133 cm³/mol. The number of rotatable bonds is 5. The summed E-state index contributed by atoms with van der Waals surface area (Å²) in [5, 5.41) is 4.86. The summed E-state index contributed by atoms with van der Waals surface area (Å²) in [6, 6.07) is 20.4. The molecule has 0 atom stereocenters. The second kappa shape index (κ2) is 9.47. The lowest BCUT2D eigenvalue weighted by Gasteiger charge is -2.34. The van der Waals surface area contributed by atoms with Crippen LogP contribution in [0.2, 0.25) is 0 Å². The molecule has 1 saturated heterocycles. The summed E-state index contributed by atoms with van der Waals surface area (Å²) in [5.74, 6) is 0.784. The third kappa shape index (κ3) is 4.55. The van der Waals surface area contributed by atoms with Gasteiger partial charge in [-0.3, -0.25) is 9.48 Å². The van der Waals surface area contributed by atoms with Crippen LogP contribution in [0.5, 0.6) is 0 Å². The third-order valence-corrected chi connectivity index (χ3v) is 6.40. The van der Waals surface area contributed by atoms with Crippen LogP contribution in [0.3, 0.4) is 0 Å². The zero-order valence-electron chi connectivity index (χ0n) is 19.6. The smallest absolute Gasteiger partial charge is 0.244 e. The highest BCUT2D eigenvalue weighted by Gasteiger charge is 2.24. The molecule has 7 nitrogen and oxygen atoms in total. The van der Waals surface area contributed by atoms with E-state index in [1.165, 1.54) is 11.1 Å². The molecule has 1 aliphatic heterocycles. The van der Waals surface area contributed by atoms with E-state index < -0.39 is 0 Å². The second-order valence-electron chi connectivity index (χ2n) is 8.65. The topological polar surface area (TPSA) is 67.2 Å². The number of aromatic nitrogens is 4. The van der Waals surface area contributed by atoms with Crippen LogP contribution in [0.15, 0.2) is 73.1 Å². The van der Waals surface area contributed by atoms with Gasteiger partial charge in [0, 0.05) is 44.1 Å². The fraction of sp³-hybridized carbons (Fsp3) is 0.259. The summed E-state index contributed by atoms with van der Waals surface area (Å²) in [6.45, 7) is 7.14. The van der Waals surface area contributed by atoms with Gasteiger partial charge in [0.15, 0.2) is 0 Å². The van der Waals surface area contributed by atoms with Crippen LogP contribution in [-0.2, 0) is 11.3 Å². The molecule has 1 fully saturated rings. The Balaban J connectivity index is 1.36. The minimum Gasteiger partial charge on any atom is -0.338 e. The maximum atomic E-state index is 13.3. The Morgan fingerprint density at radius 3 is 2.26 bits per heavy atom. The van der Waals surface area contributed by atoms with E-state index >= 15 is 0 Å². The average Bonchev–Trinajstić information content (AvgIpc) is 3.30. The number of aryl methyl sites for hydroxylation is 2. The number of piperazine rings is 1. The molecule has 0 bridgehead atoms. The molecule has 34 heavy (non-hydrogen) atoms. The van der Waals surface area contributed by atoms with Crippen molar-refractivity contribution in [3.8, 4) is 22.5 Å². The fourth-order valence-corrected chi connectivity index (χ4v) is 4.26. The van der Waals surface area contributed by atoms with Gasteiger partial charge in [0.25, 0.3) is 0 Å². The SMILES string of the molecule is Cc1ccc(-c2cc(-c3ccccc3)n(CC(=O)N3CCN(c4ncccn4)CC3)n2)cc1C. The van der Waals surface area contributed by atoms with Gasteiger partial charge < -0.3 is 9.80 Å². The van der Waals surface area contributed by atoms with Gasteiger partial charge in [0.05, 0.1) is 11.4 Å². The summed E-state index contributed by atoms with van der Waals surface area (Å²) in [5.41, 5.74) is 6.40. The van der Waals surface area contributed by atoms with E-state index in [2.05, 4.69) is 65.1 Å². The Morgan fingerprint density at radius 1 is 0.824 bits per heavy atom. The highest BCUT2D eigenvalue weighted by molar-refractivity contribution is 5.78. The number of hydrogen-bond acceptors (Lipinski definition) is 5. The first-order chi connectivity index (χ1) is 16.6. The molecule has 0 aliphatic carbocycles. The number of carbonyl (C=O) groups is 1. The minimum absolute atomic E-state index is 0.0700. The molecule has 2 aromatic heterocycles. The Kier molecular flexibility index (Phi) is 6.08. The zero-order valence-corrected chi connectivity index (χ0v) is 19.6. The molecule has 0 radical (unpaired) electrons. The van der Waals surface area contributed by atoms with Crippen LogP contribution >= 0.6 is 0 Å². The lowest BCUT2D eigenvalue weighted by molar-refractivity contribution is -0.132. The first-order valence-electron chi connectivity index (χ1n) is 11.6. The molecule has 1 aliphatic rings. The van der Waals surface area contributed by atoms with Crippen molar-refractivity contribution in [3.05, 3.63) is 84.2 Å². The van der Waals surface area contributed by atoms with Crippen molar-refractivity contribution in [2.24, 2.45) is 0 Å². The predicted octanol–water partition coefficient (Wildman–Crippen LogP) is 3.97. The average molecular weight is 453 g/mol. The molecule has 0 saturated carbocycles. The Morgan fingerprint density at radius 2 is 1.56 bits per heavy atom. The van der Waals surface area contributed by atoms with E-state index in [-0.39, 0.29) is 12.5 Å². The van der Waals surface area contributed by atoms with Crippen molar-refractivity contribution in [2.75, 3.05) is 31.1 Å². The molecule has 2 aromatic carbocycles. The standard InChI is InChI=1S/C27H28N6O/c1-20-9-10-23(17-21(20)2)24-18-25(22-7-4-3-5-8-22)33(30-24)19-26(34)31-13-15-32(16-14-31)27-28-11-6-12-29-27/h3-12,17-18H,13-16,19H2,1-2H3. The molecule has 172 valence electrons. The van der Waals surface area contributed by atoms with Gasteiger partial charge in [-0.25, -0.2) is 9.97 Å². The number of nitrogens with zero attached hydrogens (tertiary/aromatic N) is 6. The maximum Gasteiger partial charge on any atom is 0.244 e. The van der Waals surface area contributed by atoms with E-state index in [9.17, 15) is 4.79 Å². The quantitative estimate of drug-likeness (QED) is 0.458. The molecule has 7 heteroatoms. The molecule has 1 amide bonds. The normalized spacial score (nSPS) is 13.8. The first kappa shape index (κ1) is 21.8. The summed E-state index contributed by atoms with van der Waals surface area (Å²) >= 11 is 0. The van der Waals surface area contributed by atoms with E-state index in [1.54, 1.807) is 12.4 Å². The Labute approximate surface area is 199 Å². The van der Waals surface area contributed by atoms with Crippen molar-refractivity contribution in [1.29, 1.82) is 0 Å². The molecule has 3 heterocycles. The number of hydrogen-bond donors (Lipinski definition) is 0. The van der Waals surface area contributed by atoms with Crippen molar-refractivity contribution < 1.29 is 4.79 Å². The number of benzene rings is 2. The molecular formula is C27H28N6O. The van der Waals surface area contributed by atoms with Gasteiger partial charge in [0.2, 0.25) is 11.9 Å². The molecule has 4 aromatic rings. The number of amides is 1. The van der Waals surface area contributed by atoms with Crippen molar-refractivity contribution in [1.82, 2.24) is 24.6 Å². The molecule has 5 rings (SSSR count). The van der Waals surface area contributed by atoms with E-state index in [1.807, 2.05) is 33.8 Å². The summed E-state index contributed by atoms with van der Waals surface area (Å²) < 4.78 is 1.84. The van der Waals surface area contributed by atoms with Crippen LogP contribution < -0.4 is 4.90 Å². The van der Waals surface area contributed by atoms with E-state index in [0.717, 1.165) is 22.5 Å². The monoisotopic (exact) mass is 452 g/mol. The highest BCUT2D eigenvalue weighted by Crippen LogP contribution is 2.27. The highest BCUT2D eigenvalue weighted by atomic mass is 16.2. The lowest BCUT2D eigenvalue weighted by Crippen LogP contribution is -2.50. The number of anilines is 1. The second-order valence-corrected chi connectivity index (χ2v) is 8.65. The zero-order chi connectivity index (χ0) is 23.5. The van der Waals surface area contributed by atoms with Gasteiger partial charge >= 0.3 is 0 Å². The summed E-state index contributed by atoms with van der Waals surface area (Å²) in [4.78, 5) is 25.9. The van der Waals surface area contributed by atoms with E-state index in [0.29, 0.717) is 32.1 Å². The third-order valence-electron chi connectivity index (χ3n) is 6.40. The summed E-state index contributed by atoms with van der Waals surface area (Å²) in [6.07, 6.45) is 3.49. The van der Waals surface area contributed by atoms with Gasteiger partial charge in [-0.05, 0) is 48.7 Å². The lowest BCUT2D eigenvalue weighted by atomic mass is 10.0. The van der Waals surface area contributed by atoms with Gasteiger partial charge in [0.1, 0.15) is 6.54 Å².